The van der Waals surface area contributed by atoms with Crippen molar-refractivity contribution < 1.29 is 9.90 Å². The Morgan fingerprint density at radius 1 is 1.21 bits per heavy atom. The number of halogens is 1. The summed E-state index contributed by atoms with van der Waals surface area (Å²) < 4.78 is 0. The number of benzene rings is 2. The Hall–Kier alpha value is -2.24. The van der Waals surface area contributed by atoms with Gasteiger partial charge in [0.25, 0.3) is 0 Å². The SMILES string of the molecule is Cc1cc(NC(=O)NC(CO)c2ccc(Cl)cc2)ccc1N(C)C. The lowest BCUT2D eigenvalue weighted by molar-refractivity contribution is 0.225. The normalized spacial score (nSPS) is 11.7. The minimum Gasteiger partial charge on any atom is -0.394 e. The molecule has 0 aliphatic carbocycles. The fraction of sp³-hybridized carbons (Fsp3) is 0.278. The van der Waals surface area contributed by atoms with Gasteiger partial charge in [0.05, 0.1) is 12.6 Å². The number of rotatable bonds is 5. The summed E-state index contributed by atoms with van der Waals surface area (Å²) in [6.07, 6.45) is 0. The van der Waals surface area contributed by atoms with Gasteiger partial charge >= 0.3 is 6.03 Å². The summed E-state index contributed by atoms with van der Waals surface area (Å²) >= 11 is 5.86. The van der Waals surface area contributed by atoms with Crippen molar-refractivity contribution in [2.24, 2.45) is 0 Å². The summed E-state index contributed by atoms with van der Waals surface area (Å²) in [6, 6.07) is 11.8. The van der Waals surface area contributed by atoms with Crippen LogP contribution >= 0.6 is 11.6 Å². The number of hydrogen-bond donors (Lipinski definition) is 3. The van der Waals surface area contributed by atoms with Gasteiger partial charge in [-0.15, -0.1) is 0 Å². The highest BCUT2D eigenvalue weighted by Crippen LogP contribution is 2.22. The van der Waals surface area contributed by atoms with Crippen LogP contribution in [-0.4, -0.2) is 31.8 Å². The van der Waals surface area contributed by atoms with Crippen LogP contribution in [0.1, 0.15) is 17.2 Å². The molecule has 2 aromatic carbocycles. The first-order valence-electron chi connectivity index (χ1n) is 7.62. The Labute approximate surface area is 147 Å². The van der Waals surface area contributed by atoms with Gasteiger partial charge in [-0.2, -0.15) is 0 Å². The summed E-state index contributed by atoms with van der Waals surface area (Å²) in [5, 5.41) is 15.7. The molecule has 2 amide bonds. The highest BCUT2D eigenvalue weighted by Gasteiger charge is 2.14. The number of aliphatic hydroxyl groups excluding tert-OH is 1. The zero-order chi connectivity index (χ0) is 17.7. The number of nitrogens with zero attached hydrogens (tertiary/aromatic N) is 1. The first-order valence-corrected chi connectivity index (χ1v) is 8.00. The monoisotopic (exact) mass is 347 g/mol. The van der Waals surface area contributed by atoms with Crippen LogP contribution < -0.4 is 15.5 Å². The molecule has 24 heavy (non-hydrogen) atoms. The summed E-state index contributed by atoms with van der Waals surface area (Å²) in [7, 11) is 3.94. The van der Waals surface area contributed by atoms with Crippen molar-refractivity contribution in [2.45, 2.75) is 13.0 Å². The van der Waals surface area contributed by atoms with Gasteiger partial charge in [0.15, 0.2) is 0 Å². The molecule has 6 heteroatoms. The van der Waals surface area contributed by atoms with Crippen LogP contribution in [0.3, 0.4) is 0 Å². The molecule has 3 N–H and O–H groups in total. The van der Waals surface area contributed by atoms with Crippen molar-refractivity contribution in [1.82, 2.24) is 5.32 Å². The number of urea groups is 1. The molecule has 1 unspecified atom stereocenters. The molecule has 128 valence electrons. The Kier molecular flexibility index (Phi) is 6.06. The van der Waals surface area contributed by atoms with Crippen LogP contribution in [0.5, 0.6) is 0 Å². The maximum atomic E-state index is 12.2. The molecule has 0 aromatic heterocycles. The summed E-state index contributed by atoms with van der Waals surface area (Å²) in [4.78, 5) is 14.2. The molecule has 0 saturated carbocycles. The lowest BCUT2D eigenvalue weighted by atomic mass is 10.1. The van der Waals surface area contributed by atoms with E-state index in [1.54, 1.807) is 24.3 Å². The smallest absolute Gasteiger partial charge is 0.319 e. The van der Waals surface area contributed by atoms with Gasteiger partial charge in [-0.1, -0.05) is 23.7 Å². The van der Waals surface area contributed by atoms with Crippen LogP contribution in [-0.2, 0) is 0 Å². The van der Waals surface area contributed by atoms with Crippen LogP contribution in [0.4, 0.5) is 16.2 Å². The van der Waals surface area contributed by atoms with Crippen molar-refractivity contribution in [2.75, 3.05) is 30.9 Å². The van der Waals surface area contributed by atoms with Gasteiger partial charge in [0, 0.05) is 30.5 Å². The van der Waals surface area contributed by atoms with Gasteiger partial charge in [-0.3, -0.25) is 0 Å². The number of aliphatic hydroxyl groups is 1. The fourth-order valence-electron chi connectivity index (χ4n) is 2.49. The average molecular weight is 348 g/mol. The van der Waals surface area contributed by atoms with E-state index in [4.69, 9.17) is 11.6 Å². The van der Waals surface area contributed by atoms with Crippen LogP contribution in [0.25, 0.3) is 0 Å². The van der Waals surface area contributed by atoms with Gasteiger partial charge in [0.2, 0.25) is 0 Å². The number of carbonyl (C=O) groups is 1. The second kappa shape index (κ2) is 8.04. The number of anilines is 2. The maximum absolute atomic E-state index is 12.2. The van der Waals surface area contributed by atoms with Crippen molar-refractivity contribution in [1.29, 1.82) is 0 Å². The lowest BCUT2D eigenvalue weighted by Gasteiger charge is -2.19. The molecule has 0 fully saturated rings. The molecule has 0 spiro atoms. The van der Waals surface area contributed by atoms with Crippen molar-refractivity contribution in [3.05, 3.63) is 58.6 Å². The van der Waals surface area contributed by atoms with Gasteiger partial charge in [-0.25, -0.2) is 4.79 Å². The van der Waals surface area contributed by atoms with E-state index in [1.807, 2.05) is 44.1 Å². The van der Waals surface area contributed by atoms with Crippen LogP contribution in [0.15, 0.2) is 42.5 Å². The third-order valence-electron chi connectivity index (χ3n) is 3.70. The quantitative estimate of drug-likeness (QED) is 0.774. The third-order valence-corrected chi connectivity index (χ3v) is 3.95. The largest absolute Gasteiger partial charge is 0.394 e. The van der Waals surface area contributed by atoms with Crippen molar-refractivity contribution >= 4 is 29.0 Å². The molecular weight excluding hydrogens is 326 g/mol. The molecular formula is C18H22ClN3O2. The number of nitrogens with one attached hydrogen (secondary N) is 2. The van der Waals surface area contributed by atoms with E-state index in [2.05, 4.69) is 10.6 Å². The molecule has 1 atom stereocenters. The van der Waals surface area contributed by atoms with E-state index in [9.17, 15) is 9.90 Å². The van der Waals surface area contributed by atoms with Gasteiger partial charge in [-0.05, 0) is 48.4 Å². The fourth-order valence-corrected chi connectivity index (χ4v) is 2.62. The maximum Gasteiger partial charge on any atom is 0.319 e. The predicted molar refractivity (Wildman–Crippen MR) is 98.9 cm³/mol. The van der Waals surface area contributed by atoms with E-state index in [0.29, 0.717) is 10.7 Å². The van der Waals surface area contributed by atoms with Gasteiger partial charge in [0.1, 0.15) is 0 Å². The molecule has 0 aliphatic heterocycles. The Morgan fingerprint density at radius 2 is 1.88 bits per heavy atom. The highest BCUT2D eigenvalue weighted by molar-refractivity contribution is 6.30. The number of aryl methyl sites for hydroxylation is 1. The molecule has 5 nitrogen and oxygen atoms in total. The van der Waals surface area contributed by atoms with Crippen molar-refractivity contribution in [3.8, 4) is 0 Å². The van der Waals surface area contributed by atoms with E-state index < -0.39 is 6.04 Å². The zero-order valence-electron chi connectivity index (χ0n) is 14.0. The molecule has 0 bridgehead atoms. The lowest BCUT2D eigenvalue weighted by Crippen LogP contribution is -2.34. The van der Waals surface area contributed by atoms with Crippen LogP contribution in [0, 0.1) is 6.92 Å². The first-order chi connectivity index (χ1) is 11.4. The van der Waals surface area contributed by atoms with Crippen molar-refractivity contribution in [3.63, 3.8) is 0 Å². The van der Waals surface area contributed by atoms with E-state index >= 15 is 0 Å². The second-order valence-electron chi connectivity index (χ2n) is 5.78. The summed E-state index contributed by atoms with van der Waals surface area (Å²) in [5.41, 5.74) is 3.64. The number of hydrogen-bond acceptors (Lipinski definition) is 3. The Bertz CT molecular complexity index is 702. The topological polar surface area (TPSA) is 64.6 Å². The summed E-state index contributed by atoms with van der Waals surface area (Å²) in [5.74, 6) is 0. The standard InChI is InChI=1S/C18H22ClN3O2/c1-12-10-15(8-9-17(12)22(2)3)20-18(24)21-16(11-23)13-4-6-14(19)7-5-13/h4-10,16,23H,11H2,1-3H3,(H2,20,21,24). The average Bonchev–Trinajstić information content (AvgIpc) is 2.53. The first kappa shape index (κ1) is 18.1. The van der Waals surface area contributed by atoms with E-state index in [1.165, 1.54) is 0 Å². The van der Waals surface area contributed by atoms with E-state index in [-0.39, 0.29) is 12.6 Å². The zero-order valence-corrected chi connectivity index (χ0v) is 14.8. The highest BCUT2D eigenvalue weighted by atomic mass is 35.5. The molecule has 0 aliphatic rings. The minimum atomic E-state index is -0.496. The third kappa shape index (κ3) is 4.63. The Morgan fingerprint density at radius 3 is 2.42 bits per heavy atom. The predicted octanol–water partition coefficient (Wildman–Crippen LogP) is 3.57. The minimum absolute atomic E-state index is 0.201. The number of carbonyl (C=O) groups excluding carboxylic acids is 1. The molecule has 0 radical (unpaired) electrons. The molecule has 2 rings (SSSR count). The second-order valence-corrected chi connectivity index (χ2v) is 6.22. The number of amides is 2. The molecule has 0 saturated heterocycles. The van der Waals surface area contributed by atoms with Gasteiger partial charge < -0.3 is 20.6 Å². The molecule has 0 heterocycles. The summed E-state index contributed by atoms with van der Waals surface area (Å²) in [6.45, 7) is 1.79. The van der Waals surface area contributed by atoms with Crippen LogP contribution in [0.2, 0.25) is 5.02 Å². The Balaban J connectivity index is 2.03. The van der Waals surface area contributed by atoms with E-state index in [0.717, 1.165) is 16.8 Å². The molecule has 2 aromatic rings.